The molecule has 1 aromatic carbocycles. The summed E-state index contributed by atoms with van der Waals surface area (Å²) in [6.45, 7) is 0.275. The number of nitrogens with zero attached hydrogens (tertiary/aromatic N) is 1. The number of amides is 1. The van der Waals surface area contributed by atoms with E-state index in [9.17, 15) is 9.59 Å². The number of thioether (sulfide) groups is 1. The predicted molar refractivity (Wildman–Crippen MR) is 81.0 cm³/mol. The van der Waals surface area contributed by atoms with E-state index >= 15 is 0 Å². The Kier molecular flexibility index (Phi) is 5.21. The maximum Gasteiger partial charge on any atom is 0.329 e. The molecule has 0 aliphatic carbocycles. The highest BCUT2D eigenvalue weighted by Crippen LogP contribution is 2.17. The van der Waals surface area contributed by atoms with Crippen molar-refractivity contribution in [2.45, 2.75) is 12.5 Å². The summed E-state index contributed by atoms with van der Waals surface area (Å²) in [6.07, 6.45) is 0.248. The third-order valence-electron chi connectivity index (χ3n) is 2.93. The van der Waals surface area contributed by atoms with Crippen molar-refractivity contribution < 1.29 is 19.4 Å². The van der Waals surface area contributed by atoms with Gasteiger partial charge in [-0.2, -0.15) is 0 Å². The fourth-order valence-corrected chi connectivity index (χ4v) is 2.79. The topological polar surface area (TPSA) is 88.0 Å². The second kappa shape index (κ2) is 7.12. The minimum Gasteiger partial charge on any atom is -0.497 e. The summed E-state index contributed by atoms with van der Waals surface area (Å²) in [4.78, 5) is 26.7. The Labute approximate surface area is 126 Å². The molecule has 1 atom stereocenters. The third-order valence-corrected chi connectivity index (χ3v) is 3.99. The number of benzene rings is 1. The van der Waals surface area contributed by atoms with Gasteiger partial charge in [0, 0.05) is 5.75 Å². The number of aliphatic imine (C=N–C) groups is 1. The van der Waals surface area contributed by atoms with Crippen molar-refractivity contribution in [1.29, 1.82) is 0 Å². The molecule has 0 saturated carbocycles. The van der Waals surface area contributed by atoms with Gasteiger partial charge in [-0.05, 0) is 17.7 Å². The molecule has 0 bridgehead atoms. The van der Waals surface area contributed by atoms with Crippen molar-refractivity contribution in [3.8, 4) is 5.75 Å². The molecule has 0 saturated heterocycles. The van der Waals surface area contributed by atoms with Gasteiger partial charge in [0.15, 0.2) is 6.04 Å². The summed E-state index contributed by atoms with van der Waals surface area (Å²) in [5.74, 6) is 0.0713. The second-order valence-electron chi connectivity index (χ2n) is 4.49. The lowest BCUT2D eigenvalue weighted by Gasteiger charge is -2.06. The van der Waals surface area contributed by atoms with Gasteiger partial charge in [-0.15, -0.1) is 11.8 Å². The van der Waals surface area contributed by atoms with Crippen LogP contribution in [0, 0.1) is 0 Å². The van der Waals surface area contributed by atoms with Gasteiger partial charge in [-0.25, -0.2) is 4.79 Å². The molecule has 2 rings (SSSR count). The van der Waals surface area contributed by atoms with Crippen molar-refractivity contribution in [3.63, 3.8) is 0 Å². The van der Waals surface area contributed by atoms with Gasteiger partial charge in [0.05, 0.1) is 25.1 Å². The average Bonchev–Trinajstić information content (AvgIpc) is 2.94. The Morgan fingerprint density at radius 2 is 2.33 bits per heavy atom. The highest BCUT2D eigenvalue weighted by molar-refractivity contribution is 8.14. The first kappa shape index (κ1) is 15.4. The van der Waals surface area contributed by atoms with E-state index in [0.717, 1.165) is 5.56 Å². The van der Waals surface area contributed by atoms with Crippen LogP contribution in [0.1, 0.15) is 5.56 Å². The van der Waals surface area contributed by atoms with Crippen molar-refractivity contribution in [1.82, 2.24) is 5.32 Å². The zero-order valence-electron chi connectivity index (χ0n) is 11.5. The van der Waals surface area contributed by atoms with Crippen LogP contribution in [0.5, 0.6) is 5.75 Å². The number of rotatable bonds is 6. The number of carboxylic acid groups (broad SMARTS) is 1. The molecule has 0 aromatic heterocycles. The van der Waals surface area contributed by atoms with Crippen molar-refractivity contribution in [3.05, 3.63) is 29.8 Å². The number of hydrogen-bond acceptors (Lipinski definition) is 5. The number of carbonyl (C=O) groups excluding carboxylic acids is 1. The summed E-state index contributed by atoms with van der Waals surface area (Å²) in [5, 5.41) is 12.2. The van der Waals surface area contributed by atoms with Gasteiger partial charge < -0.3 is 15.2 Å². The maximum atomic E-state index is 11.9. The number of aliphatic carboxylic acids is 1. The summed E-state index contributed by atoms with van der Waals surface area (Å²) < 4.78 is 5.10. The van der Waals surface area contributed by atoms with Crippen LogP contribution in [0.4, 0.5) is 0 Å². The third kappa shape index (κ3) is 4.49. The van der Waals surface area contributed by atoms with Crippen LogP contribution in [0.15, 0.2) is 29.3 Å². The lowest BCUT2D eigenvalue weighted by Crippen LogP contribution is -2.29. The van der Waals surface area contributed by atoms with E-state index in [2.05, 4.69) is 10.3 Å². The molecule has 1 amide bonds. The number of carboxylic acids is 1. The Balaban J connectivity index is 1.82. The van der Waals surface area contributed by atoms with Crippen LogP contribution in [0.2, 0.25) is 0 Å². The SMILES string of the molecule is COc1cccc(CC(=O)NCC2=N[C@H](C(=O)O)CS2)c1. The lowest BCUT2D eigenvalue weighted by molar-refractivity contribution is -0.137. The Bertz CT molecular complexity index is 574. The van der Waals surface area contributed by atoms with E-state index in [0.29, 0.717) is 16.5 Å². The van der Waals surface area contributed by atoms with E-state index in [1.54, 1.807) is 7.11 Å². The molecular weight excluding hydrogens is 292 g/mol. The van der Waals surface area contributed by atoms with Crippen LogP contribution in [0.25, 0.3) is 0 Å². The van der Waals surface area contributed by atoms with Crippen LogP contribution in [-0.2, 0) is 16.0 Å². The molecule has 0 fully saturated rings. The first-order chi connectivity index (χ1) is 10.1. The lowest BCUT2D eigenvalue weighted by atomic mass is 10.1. The van der Waals surface area contributed by atoms with Crippen LogP contribution >= 0.6 is 11.8 Å². The fraction of sp³-hybridized carbons (Fsp3) is 0.357. The minimum atomic E-state index is -0.930. The second-order valence-corrected chi connectivity index (χ2v) is 5.59. The largest absolute Gasteiger partial charge is 0.497 e. The molecule has 1 aliphatic heterocycles. The molecule has 0 spiro atoms. The van der Waals surface area contributed by atoms with E-state index in [1.165, 1.54) is 11.8 Å². The van der Waals surface area contributed by atoms with Gasteiger partial charge in [0.2, 0.25) is 5.91 Å². The number of nitrogens with one attached hydrogen (secondary N) is 1. The molecule has 6 nitrogen and oxygen atoms in total. The monoisotopic (exact) mass is 308 g/mol. The maximum absolute atomic E-state index is 11.9. The molecule has 1 aliphatic rings. The van der Waals surface area contributed by atoms with E-state index in [-0.39, 0.29) is 18.9 Å². The van der Waals surface area contributed by atoms with Gasteiger partial charge in [-0.3, -0.25) is 9.79 Å². The standard InChI is InChI=1S/C14H16N2O4S/c1-20-10-4-2-3-9(5-10)6-12(17)15-7-13-16-11(8-21-13)14(18)19/h2-5,11H,6-8H2,1H3,(H,15,17)(H,18,19)/t11-/m0/s1. The Morgan fingerprint density at radius 3 is 3.00 bits per heavy atom. The van der Waals surface area contributed by atoms with Gasteiger partial charge in [-0.1, -0.05) is 12.1 Å². The zero-order valence-corrected chi connectivity index (χ0v) is 12.4. The van der Waals surface area contributed by atoms with Gasteiger partial charge in [0.25, 0.3) is 0 Å². The van der Waals surface area contributed by atoms with Crippen molar-refractivity contribution in [2.75, 3.05) is 19.4 Å². The summed E-state index contributed by atoms with van der Waals surface area (Å²) in [6, 6.07) is 6.61. The average molecular weight is 308 g/mol. The first-order valence-corrected chi connectivity index (χ1v) is 7.39. The summed E-state index contributed by atoms with van der Waals surface area (Å²) in [7, 11) is 1.58. The van der Waals surface area contributed by atoms with E-state index in [1.807, 2.05) is 24.3 Å². The van der Waals surface area contributed by atoms with E-state index in [4.69, 9.17) is 9.84 Å². The van der Waals surface area contributed by atoms with Gasteiger partial charge >= 0.3 is 5.97 Å². The fourth-order valence-electron chi connectivity index (χ4n) is 1.85. The van der Waals surface area contributed by atoms with Crippen LogP contribution in [0.3, 0.4) is 0 Å². The van der Waals surface area contributed by atoms with E-state index < -0.39 is 12.0 Å². The number of ether oxygens (including phenoxy) is 1. The molecule has 7 heteroatoms. The van der Waals surface area contributed by atoms with Crippen LogP contribution < -0.4 is 10.1 Å². The molecule has 21 heavy (non-hydrogen) atoms. The number of hydrogen-bond donors (Lipinski definition) is 2. The van der Waals surface area contributed by atoms with Crippen molar-refractivity contribution in [2.24, 2.45) is 4.99 Å². The molecular formula is C14H16N2O4S. The highest BCUT2D eigenvalue weighted by atomic mass is 32.2. The number of carbonyl (C=O) groups is 2. The van der Waals surface area contributed by atoms with Crippen molar-refractivity contribution >= 4 is 28.7 Å². The summed E-state index contributed by atoms with van der Waals surface area (Å²) >= 11 is 1.37. The van der Waals surface area contributed by atoms with Crippen LogP contribution in [-0.4, -0.2) is 47.5 Å². The molecule has 2 N–H and O–H groups in total. The molecule has 0 radical (unpaired) electrons. The quantitative estimate of drug-likeness (QED) is 0.817. The normalized spacial score (nSPS) is 17.2. The molecule has 1 aromatic rings. The Morgan fingerprint density at radius 1 is 1.52 bits per heavy atom. The predicted octanol–water partition coefficient (Wildman–Crippen LogP) is 0.952. The zero-order chi connectivity index (χ0) is 15.2. The Hall–Kier alpha value is -2.02. The summed E-state index contributed by atoms with van der Waals surface area (Å²) in [5.41, 5.74) is 0.858. The highest BCUT2D eigenvalue weighted by Gasteiger charge is 2.24. The minimum absolute atomic E-state index is 0.134. The van der Waals surface area contributed by atoms with Gasteiger partial charge in [0.1, 0.15) is 5.75 Å². The molecule has 1 heterocycles. The number of methoxy groups -OCH3 is 1. The molecule has 112 valence electrons. The molecule has 0 unspecified atom stereocenters. The smallest absolute Gasteiger partial charge is 0.329 e. The first-order valence-electron chi connectivity index (χ1n) is 6.40.